The predicted octanol–water partition coefficient (Wildman–Crippen LogP) is 1.66. The number of hydrogen-bond acceptors (Lipinski definition) is 3. The molecule has 84 valence electrons. The normalized spacial score (nSPS) is 9.50. The van der Waals surface area contributed by atoms with Crippen molar-refractivity contribution in [2.24, 2.45) is 0 Å². The van der Waals surface area contributed by atoms with E-state index in [1.54, 1.807) is 12.1 Å². The van der Waals surface area contributed by atoms with Crippen LogP contribution in [0.4, 0.5) is 0 Å². The predicted molar refractivity (Wildman–Crippen MR) is 58.3 cm³/mol. The maximum Gasteiger partial charge on any atom is 0.335 e. The van der Waals surface area contributed by atoms with Gasteiger partial charge in [0.25, 0.3) is 0 Å². The van der Waals surface area contributed by atoms with E-state index in [9.17, 15) is 9.59 Å². The molecule has 4 nitrogen and oxygen atoms in total. The first-order valence-electron chi connectivity index (χ1n) is 4.75. The molecule has 16 heavy (non-hydrogen) atoms. The first-order valence-corrected chi connectivity index (χ1v) is 4.75. The van der Waals surface area contributed by atoms with Crippen LogP contribution in [0.5, 0.6) is 0 Å². The highest BCUT2D eigenvalue weighted by Crippen LogP contribution is 2.05. The zero-order valence-electron chi connectivity index (χ0n) is 8.68. The molecule has 4 heteroatoms. The van der Waals surface area contributed by atoms with Crippen molar-refractivity contribution in [2.45, 2.75) is 6.42 Å². The number of carbonyl (C=O) groups is 2. The number of rotatable bonds is 5. The van der Waals surface area contributed by atoms with Gasteiger partial charge in [-0.2, -0.15) is 0 Å². The molecule has 0 bridgehead atoms. The van der Waals surface area contributed by atoms with Crippen LogP contribution >= 0.6 is 0 Å². The topological polar surface area (TPSA) is 63.6 Å². The molecule has 0 heterocycles. The molecule has 0 saturated carbocycles. The monoisotopic (exact) mass is 220 g/mol. The van der Waals surface area contributed by atoms with Crippen LogP contribution in [-0.4, -0.2) is 23.7 Å². The van der Waals surface area contributed by atoms with Crippen LogP contribution in [0, 0.1) is 0 Å². The number of ether oxygens (including phenoxy) is 1. The number of carboxylic acids is 1. The molecular formula is C12H12O4. The smallest absolute Gasteiger partial charge is 0.335 e. The fraction of sp³-hybridized carbons (Fsp3) is 0.167. The van der Waals surface area contributed by atoms with E-state index < -0.39 is 11.9 Å². The Hall–Kier alpha value is -2.10. The summed E-state index contributed by atoms with van der Waals surface area (Å²) < 4.78 is 4.80. The molecule has 0 aliphatic carbocycles. The van der Waals surface area contributed by atoms with Crippen LogP contribution in [0.1, 0.15) is 15.9 Å². The van der Waals surface area contributed by atoms with Crippen molar-refractivity contribution in [3.05, 3.63) is 48.0 Å². The quantitative estimate of drug-likeness (QED) is 0.605. The second kappa shape index (κ2) is 5.70. The first-order chi connectivity index (χ1) is 7.63. The van der Waals surface area contributed by atoms with Gasteiger partial charge >= 0.3 is 11.9 Å². The van der Waals surface area contributed by atoms with Gasteiger partial charge in [0.2, 0.25) is 0 Å². The Kier molecular flexibility index (Phi) is 4.27. The summed E-state index contributed by atoms with van der Waals surface area (Å²) in [4.78, 5) is 21.3. The lowest BCUT2D eigenvalue weighted by molar-refractivity contribution is -0.137. The standard InChI is InChI=1S/C12H12O4/c1-2-11(13)16-8-7-9-3-5-10(6-4-9)12(14)15/h2-6H,1,7-8H2,(H,14,15). The lowest BCUT2D eigenvalue weighted by Crippen LogP contribution is -2.04. The van der Waals surface area contributed by atoms with Crippen molar-refractivity contribution < 1.29 is 19.4 Å². The second-order valence-corrected chi connectivity index (χ2v) is 3.12. The number of esters is 1. The van der Waals surface area contributed by atoms with Gasteiger partial charge in [-0.1, -0.05) is 18.7 Å². The zero-order valence-corrected chi connectivity index (χ0v) is 8.68. The maximum atomic E-state index is 10.7. The minimum Gasteiger partial charge on any atom is -0.478 e. The van der Waals surface area contributed by atoms with E-state index in [0.29, 0.717) is 6.42 Å². The van der Waals surface area contributed by atoms with Gasteiger partial charge in [-0.25, -0.2) is 9.59 Å². The van der Waals surface area contributed by atoms with Gasteiger partial charge < -0.3 is 9.84 Å². The van der Waals surface area contributed by atoms with Crippen LogP contribution in [0.25, 0.3) is 0 Å². The molecule has 1 N–H and O–H groups in total. The van der Waals surface area contributed by atoms with Gasteiger partial charge in [-0.3, -0.25) is 0 Å². The average Bonchev–Trinajstić information content (AvgIpc) is 2.29. The Morgan fingerprint density at radius 2 is 1.94 bits per heavy atom. The molecular weight excluding hydrogens is 208 g/mol. The van der Waals surface area contributed by atoms with E-state index in [-0.39, 0.29) is 12.2 Å². The molecule has 0 radical (unpaired) electrons. The largest absolute Gasteiger partial charge is 0.478 e. The Morgan fingerprint density at radius 1 is 1.31 bits per heavy atom. The summed E-state index contributed by atoms with van der Waals surface area (Å²) in [5.74, 6) is -1.41. The summed E-state index contributed by atoms with van der Waals surface area (Å²) in [6.07, 6.45) is 1.66. The summed E-state index contributed by atoms with van der Waals surface area (Å²) in [6, 6.07) is 6.44. The summed E-state index contributed by atoms with van der Waals surface area (Å²) in [5, 5.41) is 8.68. The number of carbonyl (C=O) groups excluding carboxylic acids is 1. The van der Waals surface area contributed by atoms with E-state index in [0.717, 1.165) is 11.6 Å². The Labute approximate surface area is 93.2 Å². The first kappa shape index (κ1) is 12.0. The zero-order chi connectivity index (χ0) is 12.0. The fourth-order valence-electron chi connectivity index (χ4n) is 1.14. The van der Waals surface area contributed by atoms with Gasteiger partial charge in [0.15, 0.2) is 0 Å². The Balaban J connectivity index is 2.46. The van der Waals surface area contributed by atoms with E-state index in [1.807, 2.05) is 0 Å². The molecule has 0 atom stereocenters. The van der Waals surface area contributed by atoms with E-state index in [1.165, 1.54) is 12.1 Å². The van der Waals surface area contributed by atoms with Gasteiger partial charge in [0, 0.05) is 12.5 Å². The van der Waals surface area contributed by atoms with Crippen molar-refractivity contribution in [2.75, 3.05) is 6.61 Å². The minimum absolute atomic E-state index is 0.242. The molecule has 0 aliphatic heterocycles. The third-order valence-electron chi connectivity index (χ3n) is 2.00. The van der Waals surface area contributed by atoms with Gasteiger partial charge in [0.05, 0.1) is 12.2 Å². The fourth-order valence-corrected chi connectivity index (χ4v) is 1.14. The summed E-state index contributed by atoms with van der Waals surface area (Å²) >= 11 is 0. The Morgan fingerprint density at radius 3 is 2.44 bits per heavy atom. The van der Waals surface area contributed by atoms with Crippen molar-refractivity contribution in [3.8, 4) is 0 Å². The molecule has 0 aliphatic rings. The molecule has 0 fully saturated rings. The highest BCUT2D eigenvalue weighted by atomic mass is 16.5. The van der Waals surface area contributed by atoms with E-state index in [4.69, 9.17) is 9.84 Å². The van der Waals surface area contributed by atoms with Gasteiger partial charge in [-0.05, 0) is 17.7 Å². The van der Waals surface area contributed by atoms with Crippen molar-refractivity contribution in [3.63, 3.8) is 0 Å². The average molecular weight is 220 g/mol. The van der Waals surface area contributed by atoms with Crippen LogP contribution in [0.15, 0.2) is 36.9 Å². The maximum absolute atomic E-state index is 10.7. The molecule has 1 aromatic rings. The number of aromatic carboxylic acids is 1. The van der Waals surface area contributed by atoms with Crippen LogP contribution < -0.4 is 0 Å². The third kappa shape index (κ3) is 3.57. The minimum atomic E-state index is -0.954. The molecule has 0 aromatic heterocycles. The highest BCUT2D eigenvalue weighted by Gasteiger charge is 2.02. The van der Waals surface area contributed by atoms with Crippen LogP contribution in [0.2, 0.25) is 0 Å². The highest BCUT2D eigenvalue weighted by molar-refractivity contribution is 5.87. The second-order valence-electron chi connectivity index (χ2n) is 3.12. The SMILES string of the molecule is C=CC(=O)OCCc1ccc(C(=O)O)cc1. The molecule has 0 spiro atoms. The van der Waals surface area contributed by atoms with Crippen molar-refractivity contribution >= 4 is 11.9 Å². The summed E-state index contributed by atoms with van der Waals surface area (Å²) in [5.41, 5.74) is 1.16. The molecule has 1 rings (SSSR count). The van der Waals surface area contributed by atoms with Gasteiger partial charge in [-0.15, -0.1) is 0 Å². The third-order valence-corrected chi connectivity index (χ3v) is 2.00. The Bertz CT molecular complexity index is 392. The lowest BCUT2D eigenvalue weighted by atomic mass is 10.1. The van der Waals surface area contributed by atoms with E-state index >= 15 is 0 Å². The van der Waals surface area contributed by atoms with Crippen LogP contribution in [0.3, 0.4) is 0 Å². The van der Waals surface area contributed by atoms with Crippen LogP contribution in [-0.2, 0) is 16.0 Å². The molecule has 0 unspecified atom stereocenters. The summed E-state index contributed by atoms with van der Waals surface area (Å²) in [6.45, 7) is 3.54. The molecule has 0 amide bonds. The number of hydrogen-bond donors (Lipinski definition) is 1. The lowest BCUT2D eigenvalue weighted by Gasteiger charge is -2.02. The van der Waals surface area contributed by atoms with Crippen molar-refractivity contribution in [1.82, 2.24) is 0 Å². The van der Waals surface area contributed by atoms with Gasteiger partial charge in [0.1, 0.15) is 0 Å². The molecule has 1 aromatic carbocycles. The van der Waals surface area contributed by atoms with E-state index in [2.05, 4.69) is 6.58 Å². The van der Waals surface area contributed by atoms with Crippen molar-refractivity contribution in [1.29, 1.82) is 0 Å². The molecule has 0 saturated heterocycles. The number of carboxylic acid groups (broad SMARTS) is 1. The number of benzene rings is 1. The summed E-state index contributed by atoms with van der Waals surface area (Å²) in [7, 11) is 0.